The van der Waals surface area contributed by atoms with Crippen LogP contribution in [0.3, 0.4) is 0 Å². The van der Waals surface area contributed by atoms with Gasteiger partial charge >= 0.3 is 0 Å². The standard InChI is InChI=1S/C28H22N2O2/c1-20-7-2-5-12-27(20)30-28(31)24(18-29)17-21-13-15-25(16-14-21)32-19-23-10-6-9-22-8-3-4-11-26(22)23/h2-17H,19H2,1H3,(H,30,31)/b24-17-. The largest absolute Gasteiger partial charge is 0.489 e. The number of aryl methyl sites for hydroxylation is 1. The molecule has 0 unspecified atom stereocenters. The van der Waals surface area contributed by atoms with Gasteiger partial charge in [0.1, 0.15) is 24.0 Å². The summed E-state index contributed by atoms with van der Waals surface area (Å²) in [5, 5.41) is 14.6. The minimum atomic E-state index is -0.432. The van der Waals surface area contributed by atoms with E-state index in [2.05, 4.69) is 29.6 Å². The highest BCUT2D eigenvalue weighted by Gasteiger charge is 2.10. The number of nitriles is 1. The molecule has 32 heavy (non-hydrogen) atoms. The van der Waals surface area contributed by atoms with Crippen molar-refractivity contribution >= 4 is 28.4 Å². The highest BCUT2D eigenvalue weighted by molar-refractivity contribution is 6.09. The van der Waals surface area contributed by atoms with E-state index in [1.165, 1.54) is 10.8 Å². The molecule has 0 aliphatic heterocycles. The molecular weight excluding hydrogens is 396 g/mol. The summed E-state index contributed by atoms with van der Waals surface area (Å²) >= 11 is 0. The Morgan fingerprint density at radius 1 is 0.938 bits per heavy atom. The molecule has 0 aromatic heterocycles. The summed E-state index contributed by atoms with van der Waals surface area (Å²) in [5.74, 6) is 0.288. The summed E-state index contributed by atoms with van der Waals surface area (Å²) in [6, 6.07) is 31.2. The zero-order chi connectivity index (χ0) is 22.3. The van der Waals surface area contributed by atoms with Crippen molar-refractivity contribution in [3.05, 3.63) is 113 Å². The molecule has 4 rings (SSSR count). The van der Waals surface area contributed by atoms with Gasteiger partial charge in [0.2, 0.25) is 0 Å². The Labute approximate surface area is 187 Å². The summed E-state index contributed by atoms with van der Waals surface area (Å²) in [7, 11) is 0. The van der Waals surface area contributed by atoms with Crippen molar-refractivity contribution in [2.24, 2.45) is 0 Å². The fraction of sp³-hybridized carbons (Fsp3) is 0.0714. The van der Waals surface area contributed by atoms with Crippen molar-refractivity contribution < 1.29 is 9.53 Å². The van der Waals surface area contributed by atoms with Crippen LogP contribution in [0.15, 0.2) is 96.6 Å². The zero-order valence-electron chi connectivity index (χ0n) is 17.7. The van der Waals surface area contributed by atoms with E-state index in [1.807, 2.05) is 79.7 Å². The van der Waals surface area contributed by atoms with E-state index in [4.69, 9.17) is 4.74 Å². The van der Waals surface area contributed by atoms with Crippen molar-refractivity contribution in [1.82, 2.24) is 0 Å². The number of hydrogen-bond acceptors (Lipinski definition) is 3. The van der Waals surface area contributed by atoms with Gasteiger partial charge in [0.05, 0.1) is 0 Å². The average molecular weight is 418 g/mol. The maximum Gasteiger partial charge on any atom is 0.266 e. The third kappa shape index (κ3) is 4.85. The summed E-state index contributed by atoms with van der Waals surface area (Å²) in [6.07, 6.45) is 1.57. The monoisotopic (exact) mass is 418 g/mol. The summed E-state index contributed by atoms with van der Waals surface area (Å²) in [5.41, 5.74) is 3.53. The first kappa shape index (κ1) is 20.9. The van der Waals surface area contributed by atoms with Crippen LogP contribution < -0.4 is 10.1 Å². The van der Waals surface area contributed by atoms with E-state index in [0.29, 0.717) is 12.3 Å². The van der Waals surface area contributed by atoms with Gasteiger partial charge in [-0.05, 0) is 58.7 Å². The number of nitrogens with one attached hydrogen (secondary N) is 1. The molecule has 4 aromatic carbocycles. The lowest BCUT2D eigenvalue weighted by atomic mass is 10.1. The van der Waals surface area contributed by atoms with Crippen LogP contribution in [-0.4, -0.2) is 5.91 Å². The van der Waals surface area contributed by atoms with E-state index in [9.17, 15) is 10.1 Å². The number of rotatable bonds is 6. The van der Waals surface area contributed by atoms with E-state index < -0.39 is 5.91 Å². The van der Waals surface area contributed by atoms with Gasteiger partial charge in [0, 0.05) is 5.69 Å². The molecule has 0 spiro atoms. The zero-order valence-corrected chi connectivity index (χ0v) is 17.7. The summed E-state index contributed by atoms with van der Waals surface area (Å²) < 4.78 is 5.96. The third-order valence-electron chi connectivity index (χ3n) is 5.22. The molecule has 4 nitrogen and oxygen atoms in total. The van der Waals surface area contributed by atoms with Gasteiger partial charge in [0.15, 0.2) is 0 Å². The maximum atomic E-state index is 12.5. The van der Waals surface area contributed by atoms with Crippen molar-refractivity contribution in [1.29, 1.82) is 5.26 Å². The molecule has 1 N–H and O–H groups in total. The number of hydrogen-bond donors (Lipinski definition) is 1. The Morgan fingerprint density at radius 3 is 2.44 bits per heavy atom. The second-order valence-electron chi connectivity index (χ2n) is 7.43. The van der Waals surface area contributed by atoms with Crippen LogP contribution >= 0.6 is 0 Å². The van der Waals surface area contributed by atoms with E-state index >= 15 is 0 Å². The van der Waals surface area contributed by atoms with Crippen molar-refractivity contribution in [3.63, 3.8) is 0 Å². The predicted molar refractivity (Wildman–Crippen MR) is 128 cm³/mol. The molecule has 4 heteroatoms. The molecule has 4 aromatic rings. The fourth-order valence-corrected chi connectivity index (χ4v) is 3.46. The molecule has 0 aliphatic rings. The molecule has 0 fully saturated rings. The van der Waals surface area contributed by atoms with E-state index in [1.54, 1.807) is 6.08 Å². The number of benzene rings is 4. The number of fused-ring (bicyclic) bond motifs is 1. The molecule has 0 aliphatic carbocycles. The number of nitrogens with zero attached hydrogens (tertiary/aromatic N) is 1. The fourth-order valence-electron chi connectivity index (χ4n) is 3.46. The number of carbonyl (C=O) groups is 1. The summed E-state index contributed by atoms with van der Waals surface area (Å²) in [6.45, 7) is 2.36. The lowest BCUT2D eigenvalue weighted by molar-refractivity contribution is -0.112. The van der Waals surface area contributed by atoms with Crippen LogP contribution in [0, 0.1) is 18.3 Å². The number of carbonyl (C=O) groups excluding carboxylic acids is 1. The molecule has 0 bridgehead atoms. The highest BCUT2D eigenvalue weighted by Crippen LogP contribution is 2.22. The van der Waals surface area contributed by atoms with Crippen LogP contribution in [0.2, 0.25) is 0 Å². The molecule has 0 saturated heterocycles. The number of anilines is 1. The van der Waals surface area contributed by atoms with Crippen LogP contribution in [-0.2, 0) is 11.4 Å². The molecule has 1 amide bonds. The first-order valence-corrected chi connectivity index (χ1v) is 10.3. The van der Waals surface area contributed by atoms with Crippen molar-refractivity contribution in [2.45, 2.75) is 13.5 Å². The Bertz CT molecular complexity index is 1330. The lowest BCUT2D eigenvalue weighted by Crippen LogP contribution is -2.14. The maximum absolute atomic E-state index is 12.5. The highest BCUT2D eigenvalue weighted by atomic mass is 16.5. The number of para-hydroxylation sites is 1. The molecule has 0 saturated carbocycles. The lowest BCUT2D eigenvalue weighted by Gasteiger charge is -2.09. The van der Waals surface area contributed by atoms with Crippen LogP contribution in [0.4, 0.5) is 5.69 Å². The Hall–Kier alpha value is -4.36. The van der Waals surface area contributed by atoms with E-state index in [-0.39, 0.29) is 5.57 Å². The van der Waals surface area contributed by atoms with Gasteiger partial charge < -0.3 is 10.1 Å². The Balaban J connectivity index is 1.44. The normalized spacial score (nSPS) is 11.1. The molecular formula is C28H22N2O2. The van der Waals surface area contributed by atoms with Gasteiger partial charge in [-0.1, -0.05) is 72.8 Å². The quantitative estimate of drug-likeness (QED) is 0.296. The second kappa shape index (κ2) is 9.63. The second-order valence-corrected chi connectivity index (χ2v) is 7.43. The minimum Gasteiger partial charge on any atom is -0.489 e. The SMILES string of the molecule is Cc1ccccc1NC(=O)/C(C#N)=C\c1ccc(OCc2cccc3ccccc23)cc1. The molecule has 156 valence electrons. The Morgan fingerprint density at radius 2 is 1.66 bits per heavy atom. The average Bonchev–Trinajstić information content (AvgIpc) is 2.83. The van der Waals surface area contributed by atoms with Gasteiger partial charge in [0.25, 0.3) is 5.91 Å². The Kier molecular flexibility index (Phi) is 6.29. The van der Waals surface area contributed by atoms with Crippen molar-refractivity contribution in [2.75, 3.05) is 5.32 Å². The minimum absolute atomic E-state index is 0.0395. The first-order chi connectivity index (χ1) is 15.6. The first-order valence-electron chi connectivity index (χ1n) is 10.3. The van der Waals surface area contributed by atoms with Gasteiger partial charge in [-0.15, -0.1) is 0 Å². The van der Waals surface area contributed by atoms with E-state index in [0.717, 1.165) is 22.4 Å². The smallest absolute Gasteiger partial charge is 0.266 e. The van der Waals surface area contributed by atoms with Gasteiger partial charge in [-0.25, -0.2) is 0 Å². The van der Waals surface area contributed by atoms with Gasteiger partial charge in [-0.2, -0.15) is 5.26 Å². The summed E-state index contributed by atoms with van der Waals surface area (Å²) in [4.78, 5) is 12.5. The number of ether oxygens (including phenoxy) is 1. The topological polar surface area (TPSA) is 62.1 Å². The van der Waals surface area contributed by atoms with Crippen LogP contribution in [0.5, 0.6) is 5.75 Å². The molecule has 0 heterocycles. The number of amides is 1. The van der Waals surface area contributed by atoms with Crippen molar-refractivity contribution in [3.8, 4) is 11.8 Å². The van der Waals surface area contributed by atoms with Crippen LogP contribution in [0.25, 0.3) is 16.8 Å². The van der Waals surface area contributed by atoms with Crippen LogP contribution in [0.1, 0.15) is 16.7 Å². The van der Waals surface area contributed by atoms with Gasteiger partial charge in [-0.3, -0.25) is 4.79 Å². The predicted octanol–water partition coefficient (Wildman–Crippen LogP) is 6.27. The third-order valence-corrected chi connectivity index (χ3v) is 5.22. The molecule has 0 radical (unpaired) electrons. The molecule has 0 atom stereocenters.